The van der Waals surface area contributed by atoms with Crippen LogP contribution in [0.4, 0.5) is 19.0 Å². The number of carbonyl (C=O) groups is 1. The maximum absolute atomic E-state index is 12.8. The van der Waals surface area contributed by atoms with Crippen LogP contribution in [0.1, 0.15) is 21.7 Å². The number of aryl methyl sites for hydroxylation is 1. The summed E-state index contributed by atoms with van der Waals surface area (Å²) in [5.41, 5.74) is 0.736. The van der Waals surface area contributed by atoms with Crippen molar-refractivity contribution < 1.29 is 18.0 Å². The highest BCUT2D eigenvalue weighted by atomic mass is 19.4. The normalized spacial score (nSPS) is 11.4. The average Bonchev–Trinajstić information content (AvgIpc) is 3.01. The fourth-order valence-electron chi connectivity index (χ4n) is 2.19. The molecule has 25 heavy (non-hydrogen) atoms. The van der Waals surface area contributed by atoms with Crippen LogP contribution < -0.4 is 5.32 Å². The van der Waals surface area contributed by atoms with Gasteiger partial charge in [0.15, 0.2) is 5.69 Å². The lowest BCUT2D eigenvalue weighted by Gasteiger charge is -2.09. The van der Waals surface area contributed by atoms with Gasteiger partial charge in [-0.1, -0.05) is 12.1 Å². The highest BCUT2D eigenvalue weighted by molar-refractivity contribution is 6.02. The number of carbonyl (C=O) groups excluding carboxylic acids is 1. The number of alkyl halides is 3. The Morgan fingerprint density at radius 2 is 1.92 bits per heavy atom. The standard InChI is InChI=1S/C16H12F3N5O/c1-9-14(23-24-22-9)15(25)21-13-6-5-11(8-20-13)10-3-2-4-12(7-10)16(17,18)19/h2-8H,1H3,(H,20,21,25)(H,22,23,24). The van der Waals surface area contributed by atoms with E-state index in [9.17, 15) is 18.0 Å². The molecule has 1 aromatic carbocycles. The summed E-state index contributed by atoms with van der Waals surface area (Å²) in [4.78, 5) is 16.1. The summed E-state index contributed by atoms with van der Waals surface area (Å²) in [6.45, 7) is 1.63. The van der Waals surface area contributed by atoms with E-state index in [0.717, 1.165) is 12.1 Å². The van der Waals surface area contributed by atoms with E-state index in [1.807, 2.05) is 0 Å². The van der Waals surface area contributed by atoms with Crippen LogP contribution in [0.2, 0.25) is 0 Å². The molecule has 3 rings (SSSR count). The van der Waals surface area contributed by atoms with Crippen LogP contribution in [0.3, 0.4) is 0 Å². The Hall–Kier alpha value is -3.23. The zero-order valence-electron chi connectivity index (χ0n) is 12.9. The number of nitrogens with one attached hydrogen (secondary N) is 2. The molecule has 0 bridgehead atoms. The van der Waals surface area contributed by atoms with Gasteiger partial charge in [0.2, 0.25) is 0 Å². The molecule has 9 heteroatoms. The van der Waals surface area contributed by atoms with E-state index in [1.54, 1.807) is 19.1 Å². The van der Waals surface area contributed by atoms with Gasteiger partial charge in [0.25, 0.3) is 5.91 Å². The van der Waals surface area contributed by atoms with Gasteiger partial charge in [0.05, 0.1) is 11.3 Å². The van der Waals surface area contributed by atoms with E-state index < -0.39 is 17.6 Å². The number of hydrogen-bond donors (Lipinski definition) is 2. The van der Waals surface area contributed by atoms with E-state index in [2.05, 4.69) is 25.7 Å². The van der Waals surface area contributed by atoms with Crippen molar-refractivity contribution in [2.24, 2.45) is 0 Å². The second-order valence-corrected chi connectivity index (χ2v) is 5.22. The molecule has 1 amide bonds. The van der Waals surface area contributed by atoms with Crippen LogP contribution in [-0.4, -0.2) is 26.3 Å². The molecule has 0 radical (unpaired) electrons. The minimum Gasteiger partial charge on any atom is -0.305 e. The van der Waals surface area contributed by atoms with Crippen molar-refractivity contribution in [3.05, 3.63) is 59.5 Å². The Kier molecular flexibility index (Phi) is 4.22. The largest absolute Gasteiger partial charge is 0.416 e. The van der Waals surface area contributed by atoms with E-state index in [4.69, 9.17) is 0 Å². The number of halogens is 3. The summed E-state index contributed by atoms with van der Waals surface area (Å²) in [7, 11) is 0. The number of H-pyrrole nitrogens is 1. The van der Waals surface area contributed by atoms with Crippen molar-refractivity contribution in [2.75, 3.05) is 5.32 Å². The average molecular weight is 347 g/mol. The Labute approximate surface area is 140 Å². The van der Waals surface area contributed by atoms with Gasteiger partial charge in [0, 0.05) is 11.8 Å². The molecule has 0 atom stereocenters. The molecular formula is C16H12F3N5O. The van der Waals surface area contributed by atoms with Crippen molar-refractivity contribution in [3.8, 4) is 11.1 Å². The Balaban J connectivity index is 1.79. The van der Waals surface area contributed by atoms with Crippen LogP contribution in [0.15, 0.2) is 42.6 Å². The summed E-state index contributed by atoms with van der Waals surface area (Å²) in [6, 6.07) is 8.03. The monoisotopic (exact) mass is 347 g/mol. The third-order valence-corrected chi connectivity index (χ3v) is 3.47. The van der Waals surface area contributed by atoms with Crippen LogP contribution in [0.5, 0.6) is 0 Å². The maximum Gasteiger partial charge on any atom is 0.416 e. The maximum atomic E-state index is 12.8. The molecule has 0 aliphatic rings. The minimum atomic E-state index is -4.41. The SMILES string of the molecule is Cc1n[nH]nc1C(=O)Nc1ccc(-c2cccc(C(F)(F)F)c2)cn1. The van der Waals surface area contributed by atoms with Crippen LogP contribution in [-0.2, 0) is 6.18 Å². The highest BCUT2D eigenvalue weighted by Crippen LogP contribution is 2.32. The first-order chi connectivity index (χ1) is 11.8. The van der Waals surface area contributed by atoms with E-state index in [0.29, 0.717) is 16.8 Å². The molecule has 0 saturated heterocycles. The molecule has 128 valence electrons. The fraction of sp³-hybridized carbons (Fsp3) is 0.125. The lowest BCUT2D eigenvalue weighted by Crippen LogP contribution is -2.14. The molecule has 0 aliphatic carbocycles. The lowest BCUT2D eigenvalue weighted by molar-refractivity contribution is -0.137. The second kappa shape index (κ2) is 6.34. The van der Waals surface area contributed by atoms with Crippen molar-refractivity contribution in [3.63, 3.8) is 0 Å². The number of nitrogens with zero attached hydrogens (tertiary/aromatic N) is 3. The molecule has 0 spiro atoms. The van der Waals surface area contributed by atoms with Gasteiger partial charge in [-0.3, -0.25) is 4.79 Å². The second-order valence-electron chi connectivity index (χ2n) is 5.22. The van der Waals surface area contributed by atoms with Gasteiger partial charge in [-0.15, -0.1) is 0 Å². The zero-order valence-corrected chi connectivity index (χ0v) is 12.9. The zero-order chi connectivity index (χ0) is 18.0. The number of rotatable bonds is 3. The number of benzene rings is 1. The van der Waals surface area contributed by atoms with Crippen molar-refractivity contribution in [1.29, 1.82) is 0 Å². The van der Waals surface area contributed by atoms with Gasteiger partial charge in [-0.25, -0.2) is 4.98 Å². The molecule has 0 unspecified atom stereocenters. The Morgan fingerprint density at radius 1 is 1.12 bits per heavy atom. The Morgan fingerprint density at radius 3 is 2.52 bits per heavy atom. The molecule has 0 fully saturated rings. The number of aromatic amines is 1. The number of anilines is 1. The molecule has 2 heterocycles. The summed E-state index contributed by atoms with van der Waals surface area (Å²) in [5, 5.41) is 12.4. The lowest BCUT2D eigenvalue weighted by atomic mass is 10.0. The summed E-state index contributed by atoms with van der Waals surface area (Å²) >= 11 is 0. The molecule has 0 saturated carbocycles. The molecule has 3 aromatic rings. The summed E-state index contributed by atoms with van der Waals surface area (Å²) in [6.07, 6.45) is -3.02. The van der Waals surface area contributed by atoms with Gasteiger partial charge in [-0.05, 0) is 36.8 Å². The molecular weight excluding hydrogens is 335 g/mol. The first-order valence-corrected chi connectivity index (χ1v) is 7.17. The first-order valence-electron chi connectivity index (χ1n) is 7.17. The van der Waals surface area contributed by atoms with Crippen molar-refractivity contribution >= 4 is 11.7 Å². The van der Waals surface area contributed by atoms with Crippen LogP contribution in [0, 0.1) is 6.92 Å². The smallest absolute Gasteiger partial charge is 0.305 e. The minimum absolute atomic E-state index is 0.142. The number of aromatic nitrogens is 4. The third-order valence-electron chi connectivity index (χ3n) is 3.47. The van der Waals surface area contributed by atoms with Gasteiger partial charge >= 0.3 is 6.18 Å². The predicted molar refractivity (Wildman–Crippen MR) is 83.7 cm³/mol. The molecule has 6 nitrogen and oxygen atoms in total. The van der Waals surface area contributed by atoms with Crippen molar-refractivity contribution in [1.82, 2.24) is 20.4 Å². The molecule has 2 N–H and O–H groups in total. The van der Waals surface area contributed by atoms with E-state index in [1.165, 1.54) is 18.3 Å². The predicted octanol–water partition coefficient (Wildman–Crippen LogP) is 3.45. The highest BCUT2D eigenvalue weighted by Gasteiger charge is 2.30. The topological polar surface area (TPSA) is 83.6 Å². The van der Waals surface area contributed by atoms with E-state index >= 15 is 0 Å². The Bertz CT molecular complexity index is 903. The number of hydrogen-bond acceptors (Lipinski definition) is 4. The van der Waals surface area contributed by atoms with Gasteiger partial charge in [0.1, 0.15) is 5.82 Å². The number of amides is 1. The van der Waals surface area contributed by atoms with Crippen LogP contribution in [0.25, 0.3) is 11.1 Å². The van der Waals surface area contributed by atoms with E-state index in [-0.39, 0.29) is 11.5 Å². The van der Waals surface area contributed by atoms with Gasteiger partial charge < -0.3 is 5.32 Å². The van der Waals surface area contributed by atoms with Crippen molar-refractivity contribution in [2.45, 2.75) is 13.1 Å². The first kappa shape index (κ1) is 16.6. The summed E-state index contributed by atoms with van der Waals surface area (Å²) in [5.74, 6) is -0.228. The van der Waals surface area contributed by atoms with Gasteiger partial charge in [-0.2, -0.15) is 28.6 Å². The summed E-state index contributed by atoms with van der Waals surface area (Å²) < 4.78 is 38.3. The fourth-order valence-corrected chi connectivity index (χ4v) is 2.19. The van der Waals surface area contributed by atoms with Crippen LogP contribution >= 0.6 is 0 Å². The molecule has 2 aromatic heterocycles. The number of pyridine rings is 1. The molecule has 0 aliphatic heterocycles. The quantitative estimate of drug-likeness (QED) is 0.760. The third kappa shape index (κ3) is 3.65.